The van der Waals surface area contributed by atoms with Gasteiger partial charge in [0.1, 0.15) is 0 Å². The van der Waals surface area contributed by atoms with Gasteiger partial charge in [-0.15, -0.1) is 0 Å². The quantitative estimate of drug-likeness (QED) is 0.536. The molecular weight excluding hydrogens is 244 g/mol. The minimum absolute atomic E-state index is 0.0829. The Morgan fingerprint density at radius 2 is 1.58 bits per heavy atom. The maximum Gasteiger partial charge on any atom is 0.0697 e. The fourth-order valence-electron chi connectivity index (χ4n) is 1.91. The molecule has 0 aliphatic carbocycles. The zero-order chi connectivity index (χ0) is 14.7. The Bertz CT molecular complexity index is 208. The molecule has 0 aliphatic heterocycles. The van der Waals surface area contributed by atoms with Crippen LogP contribution in [0.25, 0.3) is 0 Å². The van der Waals surface area contributed by atoms with Gasteiger partial charge in [-0.1, -0.05) is 27.7 Å². The van der Waals surface area contributed by atoms with Crippen molar-refractivity contribution >= 4 is 0 Å². The molecule has 116 valence electrons. The Hall–Kier alpha value is -0.160. The molecule has 2 atom stereocenters. The monoisotopic (exact) mass is 276 g/mol. The highest BCUT2D eigenvalue weighted by molar-refractivity contribution is 4.78. The Morgan fingerprint density at radius 1 is 1.00 bits per heavy atom. The van der Waals surface area contributed by atoms with Crippen LogP contribution in [0.1, 0.15) is 40.5 Å². The molecule has 0 heterocycles. The number of hydrogen-bond acceptors (Lipinski definition) is 4. The maximum atomic E-state index is 8.78. The Balaban J connectivity index is 4.04. The van der Waals surface area contributed by atoms with E-state index in [0.717, 1.165) is 12.8 Å². The predicted octanol–water partition coefficient (Wildman–Crippen LogP) is 2.08. The minimum atomic E-state index is 0.0829. The van der Waals surface area contributed by atoms with E-state index in [0.29, 0.717) is 38.3 Å². The molecule has 4 nitrogen and oxygen atoms in total. The van der Waals surface area contributed by atoms with Crippen molar-refractivity contribution in [2.45, 2.75) is 40.5 Å². The van der Waals surface area contributed by atoms with Gasteiger partial charge in [0.2, 0.25) is 0 Å². The van der Waals surface area contributed by atoms with E-state index in [1.807, 2.05) is 0 Å². The summed E-state index contributed by atoms with van der Waals surface area (Å²) >= 11 is 0. The van der Waals surface area contributed by atoms with Gasteiger partial charge in [-0.3, -0.25) is 0 Å². The first-order valence-corrected chi connectivity index (χ1v) is 7.33. The molecule has 4 heteroatoms. The first-order chi connectivity index (χ1) is 8.96. The Kier molecular flexibility index (Phi) is 10.5. The average Bonchev–Trinajstić information content (AvgIpc) is 2.37. The van der Waals surface area contributed by atoms with E-state index in [2.05, 4.69) is 27.7 Å². The van der Waals surface area contributed by atoms with E-state index >= 15 is 0 Å². The largest absolute Gasteiger partial charge is 0.394 e. The SMILES string of the molecule is CC(CCC(C)(COCCO)C(C)C)COCCO. The van der Waals surface area contributed by atoms with Crippen molar-refractivity contribution < 1.29 is 19.7 Å². The van der Waals surface area contributed by atoms with Gasteiger partial charge in [0.25, 0.3) is 0 Å². The highest BCUT2D eigenvalue weighted by atomic mass is 16.5. The van der Waals surface area contributed by atoms with Crippen LogP contribution in [-0.4, -0.2) is 49.9 Å². The lowest BCUT2D eigenvalue weighted by atomic mass is 9.75. The summed E-state index contributed by atoms with van der Waals surface area (Å²) in [4.78, 5) is 0. The molecule has 0 saturated carbocycles. The third-order valence-electron chi connectivity index (χ3n) is 3.91. The molecule has 0 saturated heterocycles. The topological polar surface area (TPSA) is 58.9 Å². The normalized spacial score (nSPS) is 16.6. The van der Waals surface area contributed by atoms with Crippen LogP contribution in [0.15, 0.2) is 0 Å². The first kappa shape index (κ1) is 18.8. The fourth-order valence-corrected chi connectivity index (χ4v) is 1.91. The lowest BCUT2D eigenvalue weighted by molar-refractivity contribution is -0.000230. The van der Waals surface area contributed by atoms with E-state index in [-0.39, 0.29) is 18.6 Å². The lowest BCUT2D eigenvalue weighted by Crippen LogP contribution is -2.31. The van der Waals surface area contributed by atoms with Gasteiger partial charge in [0.15, 0.2) is 0 Å². The second kappa shape index (κ2) is 10.6. The minimum Gasteiger partial charge on any atom is -0.394 e. The van der Waals surface area contributed by atoms with Crippen molar-refractivity contribution in [3.63, 3.8) is 0 Å². The van der Waals surface area contributed by atoms with E-state index in [4.69, 9.17) is 19.7 Å². The van der Waals surface area contributed by atoms with Crippen LogP contribution in [0.5, 0.6) is 0 Å². The van der Waals surface area contributed by atoms with Crippen LogP contribution in [0.2, 0.25) is 0 Å². The Labute approximate surface area is 118 Å². The predicted molar refractivity (Wildman–Crippen MR) is 77.2 cm³/mol. The van der Waals surface area contributed by atoms with Crippen LogP contribution in [0.4, 0.5) is 0 Å². The Morgan fingerprint density at radius 3 is 2.11 bits per heavy atom. The second-order valence-electron chi connectivity index (χ2n) is 6.03. The summed E-state index contributed by atoms with van der Waals surface area (Å²) in [5.41, 5.74) is 0.139. The van der Waals surface area contributed by atoms with E-state index < -0.39 is 0 Å². The summed E-state index contributed by atoms with van der Waals surface area (Å²) in [6.07, 6.45) is 2.17. The number of aliphatic hydroxyl groups is 2. The van der Waals surface area contributed by atoms with Gasteiger partial charge in [-0.25, -0.2) is 0 Å². The van der Waals surface area contributed by atoms with Crippen molar-refractivity contribution in [1.29, 1.82) is 0 Å². The first-order valence-electron chi connectivity index (χ1n) is 7.33. The number of ether oxygens (including phenoxy) is 2. The fraction of sp³-hybridized carbons (Fsp3) is 1.00. The smallest absolute Gasteiger partial charge is 0.0697 e. The molecule has 0 amide bonds. The number of aliphatic hydroxyl groups excluding tert-OH is 2. The molecule has 0 radical (unpaired) electrons. The number of rotatable bonds is 12. The van der Waals surface area contributed by atoms with Crippen LogP contribution < -0.4 is 0 Å². The van der Waals surface area contributed by atoms with E-state index in [1.54, 1.807) is 0 Å². The van der Waals surface area contributed by atoms with E-state index in [1.165, 1.54) is 0 Å². The summed E-state index contributed by atoms with van der Waals surface area (Å²) in [6.45, 7) is 11.3. The van der Waals surface area contributed by atoms with Gasteiger partial charge in [-0.2, -0.15) is 0 Å². The molecule has 2 N–H and O–H groups in total. The lowest BCUT2D eigenvalue weighted by Gasteiger charge is -2.34. The maximum absolute atomic E-state index is 8.78. The summed E-state index contributed by atoms with van der Waals surface area (Å²) in [7, 11) is 0. The molecule has 0 bridgehead atoms. The highest BCUT2D eigenvalue weighted by Crippen LogP contribution is 2.34. The summed E-state index contributed by atoms with van der Waals surface area (Å²) in [5, 5.41) is 17.4. The van der Waals surface area contributed by atoms with Gasteiger partial charge >= 0.3 is 0 Å². The van der Waals surface area contributed by atoms with Crippen molar-refractivity contribution in [2.24, 2.45) is 17.3 Å². The standard InChI is InChI=1S/C15H32O4/c1-13(2)15(4,12-19-10-8-17)6-5-14(3)11-18-9-7-16/h13-14,16-17H,5-12H2,1-4H3. The summed E-state index contributed by atoms with van der Waals surface area (Å²) in [6, 6.07) is 0. The third kappa shape index (κ3) is 8.58. The van der Waals surface area contributed by atoms with Gasteiger partial charge < -0.3 is 19.7 Å². The molecule has 0 fully saturated rings. The molecule has 0 spiro atoms. The zero-order valence-electron chi connectivity index (χ0n) is 13.0. The number of hydrogen-bond donors (Lipinski definition) is 2. The molecule has 2 unspecified atom stereocenters. The van der Waals surface area contributed by atoms with Gasteiger partial charge in [0.05, 0.1) is 33.0 Å². The zero-order valence-corrected chi connectivity index (χ0v) is 13.0. The summed E-state index contributed by atoms with van der Waals surface area (Å²) in [5.74, 6) is 1.03. The molecule has 0 aromatic carbocycles. The second-order valence-corrected chi connectivity index (χ2v) is 6.03. The van der Waals surface area contributed by atoms with Crippen molar-refractivity contribution in [3.8, 4) is 0 Å². The average molecular weight is 276 g/mol. The van der Waals surface area contributed by atoms with E-state index in [9.17, 15) is 0 Å². The van der Waals surface area contributed by atoms with Crippen LogP contribution in [0, 0.1) is 17.3 Å². The molecule has 0 aromatic rings. The molecular formula is C15H32O4. The van der Waals surface area contributed by atoms with Crippen molar-refractivity contribution in [1.82, 2.24) is 0 Å². The van der Waals surface area contributed by atoms with Crippen LogP contribution in [-0.2, 0) is 9.47 Å². The molecule has 0 rings (SSSR count). The highest BCUT2D eigenvalue weighted by Gasteiger charge is 2.28. The molecule has 0 aliphatic rings. The van der Waals surface area contributed by atoms with Crippen molar-refractivity contribution in [3.05, 3.63) is 0 Å². The van der Waals surface area contributed by atoms with Crippen LogP contribution >= 0.6 is 0 Å². The van der Waals surface area contributed by atoms with Gasteiger partial charge in [0, 0.05) is 6.61 Å². The summed E-state index contributed by atoms with van der Waals surface area (Å²) < 4.78 is 10.9. The molecule has 0 aromatic heterocycles. The van der Waals surface area contributed by atoms with Crippen LogP contribution in [0.3, 0.4) is 0 Å². The van der Waals surface area contributed by atoms with Gasteiger partial charge in [-0.05, 0) is 30.1 Å². The van der Waals surface area contributed by atoms with Crippen molar-refractivity contribution in [2.75, 3.05) is 39.6 Å². The molecule has 19 heavy (non-hydrogen) atoms. The third-order valence-corrected chi connectivity index (χ3v) is 3.91.